The Kier molecular flexibility index (Phi) is 2.09. The Balaban J connectivity index is 2.28. The van der Waals surface area contributed by atoms with Crippen LogP contribution in [0.3, 0.4) is 0 Å². The number of rotatable bonds is 1. The van der Waals surface area contributed by atoms with Gasteiger partial charge in [-0.25, -0.2) is 4.79 Å². The molecule has 0 aromatic carbocycles. The molecule has 0 spiro atoms. The third-order valence-corrected chi connectivity index (χ3v) is 3.59. The van der Waals surface area contributed by atoms with Gasteiger partial charge in [-0.2, -0.15) is 0 Å². The summed E-state index contributed by atoms with van der Waals surface area (Å²) < 4.78 is 1.90. The molecule has 0 unspecified atom stereocenters. The summed E-state index contributed by atoms with van der Waals surface area (Å²) in [6, 6.07) is 13.4. The first-order valence-corrected chi connectivity index (χ1v) is 6.26. The monoisotopic (exact) mass is 262 g/mol. The molecular formula is C16H10N2O2. The summed E-state index contributed by atoms with van der Waals surface area (Å²) in [4.78, 5) is 15.6. The highest BCUT2D eigenvalue weighted by atomic mass is 16.4. The standard InChI is InChI=1S/C16H10N2O2/c19-16(20)10-6-7-14-15-12(4-2-8-17-15)11-3-1-5-13(11)18(14)9-10/h1-9H,(H,19,20). The fourth-order valence-corrected chi connectivity index (χ4v) is 2.69. The molecule has 1 aliphatic carbocycles. The molecule has 1 aliphatic heterocycles. The molecule has 4 heteroatoms. The maximum absolute atomic E-state index is 11.2. The molecule has 0 radical (unpaired) electrons. The molecule has 0 amide bonds. The molecule has 0 atom stereocenters. The smallest absolute Gasteiger partial charge is 0.337 e. The molecule has 4 rings (SSSR count). The minimum atomic E-state index is -0.930. The van der Waals surface area contributed by atoms with Gasteiger partial charge in [0.1, 0.15) is 0 Å². The second kappa shape index (κ2) is 3.81. The molecule has 0 fully saturated rings. The topological polar surface area (TPSA) is 54.6 Å². The second-order valence-electron chi connectivity index (χ2n) is 4.70. The summed E-state index contributed by atoms with van der Waals surface area (Å²) in [5.74, 6) is -0.930. The van der Waals surface area contributed by atoms with Crippen LogP contribution in [0.5, 0.6) is 0 Å². The third kappa shape index (κ3) is 1.36. The fraction of sp³-hybridized carbons (Fsp3) is 0. The number of carboxylic acid groups (broad SMARTS) is 1. The van der Waals surface area contributed by atoms with Gasteiger partial charge in [0.2, 0.25) is 0 Å². The van der Waals surface area contributed by atoms with Crippen LogP contribution in [-0.4, -0.2) is 20.5 Å². The molecule has 0 saturated carbocycles. The Labute approximate surface area is 114 Å². The number of aromatic carboxylic acids is 1. The molecule has 20 heavy (non-hydrogen) atoms. The van der Waals surface area contributed by atoms with Crippen LogP contribution in [0.25, 0.3) is 27.7 Å². The fourth-order valence-electron chi connectivity index (χ4n) is 2.69. The van der Waals surface area contributed by atoms with Gasteiger partial charge in [-0.15, -0.1) is 0 Å². The molecule has 1 N–H and O–H groups in total. The number of fused-ring (bicyclic) bond motifs is 6. The van der Waals surface area contributed by atoms with E-state index in [0.717, 1.165) is 27.7 Å². The van der Waals surface area contributed by atoms with Crippen molar-refractivity contribution in [3.63, 3.8) is 0 Å². The normalized spacial score (nSPS) is 11.4. The molecule has 0 bridgehead atoms. The van der Waals surface area contributed by atoms with Gasteiger partial charge < -0.3 is 9.51 Å². The van der Waals surface area contributed by atoms with Crippen molar-refractivity contribution in [1.29, 1.82) is 0 Å². The van der Waals surface area contributed by atoms with Crippen LogP contribution < -0.4 is 0 Å². The summed E-state index contributed by atoms with van der Waals surface area (Å²) in [5.41, 5.74) is 4.12. The lowest BCUT2D eigenvalue weighted by Gasteiger charge is -2.13. The third-order valence-electron chi connectivity index (χ3n) is 3.59. The lowest BCUT2D eigenvalue weighted by atomic mass is 10.1. The van der Waals surface area contributed by atoms with E-state index in [9.17, 15) is 4.79 Å². The molecule has 2 aromatic rings. The van der Waals surface area contributed by atoms with Crippen molar-refractivity contribution in [3.05, 3.63) is 60.4 Å². The number of nitrogens with zero attached hydrogens (tertiary/aromatic N) is 2. The van der Waals surface area contributed by atoms with Crippen molar-refractivity contribution >= 4 is 22.4 Å². The van der Waals surface area contributed by atoms with Gasteiger partial charge >= 0.3 is 5.97 Å². The van der Waals surface area contributed by atoms with Gasteiger partial charge in [0.05, 0.1) is 22.3 Å². The molecule has 4 nitrogen and oxygen atoms in total. The summed E-state index contributed by atoms with van der Waals surface area (Å²) in [6.45, 7) is 0. The van der Waals surface area contributed by atoms with Gasteiger partial charge in [-0.05, 0) is 24.3 Å². The van der Waals surface area contributed by atoms with E-state index in [1.54, 1.807) is 18.5 Å². The van der Waals surface area contributed by atoms with Crippen molar-refractivity contribution in [2.75, 3.05) is 0 Å². The average Bonchev–Trinajstić information content (AvgIpc) is 2.96. The molecule has 2 aromatic heterocycles. The predicted molar refractivity (Wildman–Crippen MR) is 76.3 cm³/mol. The van der Waals surface area contributed by atoms with E-state index in [1.807, 2.05) is 40.8 Å². The molecular weight excluding hydrogens is 252 g/mol. The van der Waals surface area contributed by atoms with Crippen molar-refractivity contribution in [3.8, 4) is 11.3 Å². The van der Waals surface area contributed by atoms with E-state index >= 15 is 0 Å². The Morgan fingerprint density at radius 3 is 2.85 bits per heavy atom. The zero-order chi connectivity index (χ0) is 13.7. The maximum Gasteiger partial charge on any atom is 0.337 e. The van der Waals surface area contributed by atoms with Gasteiger partial charge in [0.15, 0.2) is 0 Å². The Morgan fingerprint density at radius 2 is 2.00 bits per heavy atom. The van der Waals surface area contributed by atoms with Crippen molar-refractivity contribution in [1.82, 2.24) is 9.38 Å². The van der Waals surface area contributed by atoms with Crippen LogP contribution >= 0.6 is 0 Å². The first-order valence-electron chi connectivity index (χ1n) is 6.26. The SMILES string of the molecule is O=C(O)c1ccc2c3ncccc3c3cccc-3n2c1. The highest BCUT2D eigenvalue weighted by Crippen LogP contribution is 2.33. The Bertz CT molecular complexity index is 940. The van der Waals surface area contributed by atoms with Crippen molar-refractivity contribution < 1.29 is 9.90 Å². The number of carboxylic acids is 1. The first kappa shape index (κ1) is 11.0. The van der Waals surface area contributed by atoms with Gasteiger partial charge in [-0.3, -0.25) is 4.98 Å². The first-order chi connectivity index (χ1) is 9.75. The van der Waals surface area contributed by atoms with Gasteiger partial charge in [0.25, 0.3) is 0 Å². The van der Waals surface area contributed by atoms with E-state index < -0.39 is 5.97 Å². The summed E-state index contributed by atoms with van der Waals surface area (Å²) in [5, 5.41) is 10.2. The Morgan fingerprint density at radius 1 is 1.10 bits per heavy atom. The summed E-state index contributed by atoms with van der Waals surface area (Å²) >= 11 is 0. The zero-order valence-corrected chi connectivity index (χ0v) is 10.4. The second-order valence-corrected chi connectivity index (χ2v) is 4.70. The van der Waals surface area contributed by atoms with Crippen LogP contribution in [0.1, 0.15) is 10.4 Å². The van der Waals surface area contributed by atoms with Crippen molar-refractivity contribution in [2.24, 2.45) is 0 Å². The number of hydrogen-bond acceptors (Lipinski definition) is 2. The molecule has 2 aliphatic rings. The predicted octanol–water partition coefficient (Wildman–Crippen LogP) is 3.29. The number of carbonyl (C=O) groups is 1. The van der Waals surface area contributed by atoms with E-state index in [-0.39, 0.29) is 5.56 Å². The van der Waals surface area contributed by atoms with Gasteiger partial charge in [-0.1, -0.05) is 18.2 Å². The number of aromatic nitrogens is 2. The number of hydrogen-bond donors (Lipinski definition) is 1. The van der Waals surface area contributed by atoms with E-state index in [0.29, 0.717) is 0 Å². The lowest BCUT2D eigenvalue weighted by Crippen LogP contribution is -2.02. The lowest BCUT2D eigenvalue weighted by molar-refractivity contribution is 0.0696. The average molecular weight is 262 g/mol. The highest BCUT2D eigenvalue weighted by molar-refractivity contribution is 6.04. The minimum absolute atomic E-state index is 0.264. The molecule has 96 valence electrons. The van der Waals surface area contributed by atoms with Crippen LogP contribution in [-0.2, 0) is 0 Å². The van der Waals surface area contributed by atoms with Crippen molar-refractivity contribution in [2.45, 2.75) is 0 Å². The van der Waals surface area contributed by atoms with E-state index in [4.69, 9.17) is 5.11 Å². The summed E-state index contributed by atoms with van der Waals surface area (Å²) in [7, 11) is 0. The number of pyridine rings is 3. The maximum atomic E-state index is 11.2. The quantitative estimate of drug-likeness (QED) is 0.535. The minimum Gasteiger partial charge on any atom is -0.478 e. The van der Waals surface area contributed by atoms with Crippen LogP contribution in [0.2, 0.25) is 0 Å². The molecule has 0 saturated heterocycles. The highest BCUT2D eigenvalue weighted by Gasteiger charge is 2.15. The Hall–Kier alpha value is -2.88. The van der Waals surface area contributed by atoms with Crippen LogP contribution in [0.4, 0.5) is 0 Å². The summed E-state index contributed by atoms with van der Waals surface area (Å²) in [6.07, 6.45) is 3.40. The van der Waals surface area contributed by atoms with Crippen LogP contribution in [0.15, 0.2) is 54.9 Å². The zero-order valence-electron chi connectivity index (χ0n) is 10.4. The van der Waals surface area contributed by atoms with E-state index in [2.05, 4.69) is 4.98 Å². The van der Waals surface area contributed by atoms with Crippen LogP contribution in [0, 0.1) is 0 Å². The van der Waals surface area contributed by atoms with Gasteiger partial charge in [0, 0.05) is 23.3 Å². The van der Waals surface area contributed by atoms with E-state index in [1.165, 1.54) is 0 Å². The largest absolute Gasteiger partial charge is 0.478 e. The molecule has 3 heterocycles.